The predicted molar refractivity (Wildman–Crippen MR) is 162 cm³/mol. The average molecular weight is 592 g/mol. The summed E-state index contributed by atoms with van der Waals surface area (Å²) >= 11 is 0. The Bertz CT molecular complexity index is 1650. The van der Waals surface area contributed by atoms with Crippen LogP contribution in [0.3, 0.4) is 0 Å². The number of fused-ring (bicyclic) bond motifs is 2. The Balaban J connectivity index is 1.34. The zero-order chi connectivity index (χ0) is 30.5. The number of hydrogen-bond donors (Lipinski definition) is 2. The number of rotatable bonds is 6. The van der Waals surface area contributed by atoms with Gasteiger partial charge in [0.1, 0.15) is 22.4 Å². The molecule has 2 fully saturated rings. The molecule has 43 heavy (non-hydrogen) atoms. The van der Waals surface area contributed by atoms with E-state index in [4.69, 9.17) is 9.47 Å². The van der Waals surface area contributed by atoms with Crippen LogP contribution in [-0.2, 0) is 4.74 Å². The highest BCUT2D eigenvalue weighted by molar-refractivity contribution is 6.01. The number of nitrogens with zero attached hydrogens (tertiary/aromatic N) is 3. The Morgan fingerprint density at radius 2 is 1.95 bits per heavy atom. The lowest BCUT2D eigenvalue weighted by molar-refractivity contribution is 0.0508. The third-order valence-electron chi connectivity index (χ3n) is 8.41. The first-order valence-corrected chi connectivity index (χ1v) is 14.9. The Labute approximate surface area is 249 Å². The second kappa shape index (κ2) is 11.2. The van der Waals surface area contributed by atoms with Crippen LogP contribution in [0.4, 0.5) is 14.9 Å². The predicted octanol–water partition coefficient (Wildman–Crippen LogP) is 4.55. The zero-order valence-corrected chi connectivity index (χ0v) is 25.0. The van der Waals surface area contributed by atoms with Crippen LogP contribution in [0.5, 0.6) is 11.5 Å². The summed E-state index contributed by atoms with van der Waals surface area (Å²) in [5.74, 6) is -0.433. The highest BCUT2D eigenvalue weighted by Crippen LogP contribution is 2.47. The van der Waals surface area contributed by atoms with Crippen molar-refractivity contribution in [1.82, 2.24) is 20.1 Å². The number of ether oxygens (including phenoxy) is 2. The number of halogens is 1. The van der Waals surface area contributed by atoms with Gasteiger partial charge in [0, 0.05) is 31.9 Å². The number of para-hydroxylation sites is 2. The number of carbonyl (C=O) groups is 2. The maximum absolute atomic E-state index is 16.0. The molecule has 2 aromatic carbocycles. The van der Waals surface area contributed by atoms with Gasteiger partial charge in [-0.25, -0.2) is 9.18 Å². The van der Waals surface area contributed by atoms with Gasteiger partial charge < -0.3 is 34.5 Å². The number of aromatic nitrogens is 1. The fourth-order valence-corrected chi connectivity index (χ4v) is 6.36. The van der Waals surface area contributed by atoms with E-state index in [0.29, 0.717) is 49.1 Å². The summed E-state index contributed by atoms with van der Waals surface area (Å²) in [6, 6.07) is 8.60. The van der Waals surface area contributed by atoms with Crippen LogP contribution in [0.1, 0.15) is 56.8 Å². The van der Waals surface area contributed by atoms with Gasteiger partial charge in [0.25, 0.3) is 5.91 Å². The molecule has 6 rings (SSSR count). The average Bonchev–Trinajstić information content (AvgIpc) is 3.57. The van der Waals surface area contributed by atoms with Gasteiger partial charge in [-0.3, -0.25) is 9.59 Å². The second-order valence-electron chi connectivity index (χ2n) is 12.6. The largest absolute Gasteiger partial charge is 0.451 e. The molecular formula is C32H38FN5O5. The summed E-state index contributed by atoms with van der Waals surface area (Å²) < 4.78 is 29.4. The van der Waals surface area contributed by atoms with Crippen LogP contribution in [0, 0.1) is 5.82 Å². The van der Waals surface area contributed by atoms with Gasteiger partial charge in [-0.15, -0.1) is 0 Å². The number of likely N-dealkylation sites (tertiary alicyclic amines) is 1. The van der Waals surface area contributed by atoms with Crippen molar-refractivity contribution in [3.8, 4) is 17.2 Å². The molecule has 228 valence electrons. The summed E-state index contributed by atoms with van der Waals surface area (Å²) in [4.78, 5) is 43.5. The van der Waals surface area contributed by atoms with Gasteiger partial charge in [-0.05, 0) is 78.2 Å². The summed E-state index contributed by atoms with van der Waals surface area (Å²) in [5, 5.41) is 5.84. The Kier molecular flexibility index (Phi) is 7.53. The van der Waals surface area contributed by atoms with Crippen LogP contribution in [0.15, 0.2) is 41.3 Å². The number of benzene rings is 2. The van der Waals surface area contributed by atoms with Gasteiger partial charge in [0.15, 0.2) is 17.3 Å². The summed E-state index contributed by atoms with van der Waals surface area (Å²) in [6.07, 6.45) is 4.61. The van der Waals surface area contributed by atoms with Crippen LogP contribution in [0.25, 0.3) is 16.6 Å². The lowest BCUT2D eigenvalue weighted by Crippen LogP contribution is -2.40. The second-order valence-corrected chi connectivity index (χ2v) is 12.6. The molecule has 10 nitrogen and oxygen atoms in total. The molecular weight excluding hydrogens is 553 g/mol. The molecule has 0 spiro atoms. The number of nitrogens with one attached hydrogen (secondary N) is 2. The lowest BCUT2D eigenvalue weighted by Gasteiger charge is -2.29. The number of hydrogen-bond acceptors (Lipinski definition) is 7. The number of pyridine rings is 1. The van der Waals surface area contributed by atoms with Crippen molar-refractivity contribution in [2.24, 2.45) is 0 Å². The molecule has 3 aliphatic rings. The maximum atomic E-state index is 16.0. The molecule has 0 bridgehead atoms. The zero-order valence-electron chi connectivity index (χ0n) is 25.0. The van der Waals surface area contributed by atoms with E-state index in [9.17, 15) is 14.4 Å². The summed E-state index contributed by atoms with van der Waals surface area (Å²) in [6.45, 7) is 7.66. The van der Waals surface area contributed by atoms with Crippen molar-refractivity contribution in [2.45, 2.75) is 64.1 Å². The van der Waals surface area contributed by atoms with Crippen LogP contribution >= 0.6 is 0 Å². The van der Waals surface area contributed by atoms with Crippen molar-refractivity contribution < 1.29 is 23.5 Å². The molecule has 0 radical (unpaired) electrons. The van der Waals surface area contributed by atoms with E-state index in [2.05, 4.69) is 22.6 Å². The van der Waals surface area contributed by atoms with E-state index in [-0.39, 0.29) is 28.4 Å². The van der Waals surface area contributed by atoms with Crippen LogP contribution in [-0.4, -0.2) is 72.4 Å². The van der Waals surface area contributed by atoms with Crippen LogP contribution < -0.4 is 25.7 Å². The smallest absolute Gasteiger partial charge is 0.407 e. The van der Waals surface area contributed by atoms with Gasteiger partial charge in [0.2, 0.25) is 5.43 Å². The van der Waals surface area contributed by atoms with Crippen molar-refractivity contribution in [2.75, 3.05) is 38.1 Å². The van der Waals surface area contributed by atoms with Gasteiger partial charge in [0.05, 0.1) is 17.1 Å². The third kappa shape index (κ3) is 5.65. The lowest BCUT2D eigenvalue weighted by atomic mass is 10.1. The Hall–Kier alpha value is -4.12. The molecule has 3 aliphatic heterocycles. The minimum Gasteiger partial charge on any atom is -0.451 e. The molecule has 3 aromatic rings. The quantitative estimate of drug-likeness (QED) is 0.339. The first kappa shape index (κ1) is 29.0. The first-order valence-electron chi connectivity index (χ1n) is 14.9. The van der Waals surface area contributed by atoms with Gasteiger partial charge in [-0.2, -0.15) is 0 Å². The molecule has 11 heteroatoms. The van der Waals surface area contributed by atoms with Crippen molar-refractivity contribution in [1.29, 1.82) is 0 Å². The molecule has 0 aliphatic carbocycles. The third-order valence-corrected chi connectivity index (χ3v) is 8.41. The number of carbonyl (C=O) groups excluding carboxylic acids is 2. The molecule has 2 saturated heterocycles. The number of alkyl carbamates (subject to hydrolysis) is 1. The van der Waals surface area contributed by atoms with Crippen LogP contribution in [0.2, 0.25) is 0 Å². The molecule has 1 aromatic heterocycles. The highest BCUT2D eigenvalue weighted by atomic mass is 19.1. The number of anilines is 1. The van der Waals surface area contributed by atoms with Crippen molar-refractivity contribution >= 4 is 28.6 Å². The molecule has 0 saturated carbocycles. The van der Waals surface area contributed by atoms with E-state index in [1.54, 1.807) is 31.4 Å². The molecule has 2 unspecified atom stereocenters. The van der Waals surface area contributed by atoms with E-state index in [1.165, 1.54) is 12.3 Å². The normalized spacial score (nSPS) is 19.7. The fraction of sp³-hybridized carbons (Fsp3) is 0.469. The van der Waals surface area contributed by atoms with Gasteiger partial charge in [-0.1, -0.05) is 12.1 Å². The Morgan fingerprint density at radius 3 is 2.70 bits per heavy atom. The molecule has 2 amide bonds. The molecule has 2 atom stereocenters. The molecule has 2 N–H and O–H groups in total. The molecule has 4 heterocycles. The van der Waals surface area contributed by atoms with E-state index < -0.39 is 28.8 Å². The first-order chi connectivity index (χ1) is 20.5. The van der Waals surface area contributed by atoms with E-state index in [1.807, 2.05) is 23.1 Å². The fourth-order valence-electron chi connectivity index (χ4n) is 6.36. The minimum atomic E-state index is -0.635. The number of amides is 2. The van der Waals surface area contributed by atoms with E-state index in [0.717, 1.165) is 25.8 Å². The standard InChI is InChI=1S/C32H38FN5O5/c1-32(2,3)43-31(41)35-19-12-15-37(17-19)27-23(33)16-21-26-29(27)42-25-10-6-5-9-24(25)38(26)18-22(28(21)39)30(40)34-13-11-20-8-7-14-36(20)4/h5-6,9-10,16,18-20H,7-8,11-15,17H2,1-4H3,(H,34,40)(H,35,41). The van der Waals surface area contributed by atoms with Crippen molar-refractivity contribution in [3.63, 3.8) is 0 Å². The van der Waals surface area contributed by atoms with Gasteiger partial charge >= 0.3 is 6.09 Å². The topological polar surface area (TPSA) is 105 Å². The van der Waals surface area contributed by atoms with E-state index >= 15 is 4.39 Å². The monoisotopic (exact) mass is 591 g/mol. The summed E-state index contributed by atoms with van der Waals surface area (Å²) in [5.41, 5.74) is 0.0104. The SMILES string of the molecule is CN1CCCC1CCNC(=O)c1cn2c3c(c(N4CCC(NC(=O)OC(C)(C)C)C4)c(F)cc3c1=O)Oc1ccccc1-2. The Morgan fingerprint density at radius 1 is 1.16 bits per heavy atom. The highest BCUT2D eigenvalue weighted by Gasteiger charge is 2.34. The van der Waals surface area contributed by atoms with Crippen molar-refractivity contribution in [3.05, 3.63) is 58.1 Å². The summed E-state index contributed by atoms with van der Waals surface area (Å²) in [7, 11) is 2.08. The maximum Gasteiger partial charge on any atom is 0.407 e. The minimum absolute atomic E-state index is 0.0510.